The van der Waals surface area contributed by atoms with E-state index in [-0.39, 0.29) is 5.63 Å². The molecule has 0 saturated carbocycles. The summed E-state index contributed by atoms with van der Waals surface area (Å²) in [5, 5.41) is 0.664. The Hall–Kier alpha value is -1.31. The van der Waals surface area contributed by atoms with Gasteiger partial charge in [0, 0.05) is 0 Å². The van der Waals surface area contributed by atoms with Crippen molar-refractivity contribution < 1.29 is 4.42 Å². The van der Waals surface area contributed by atoms with Gasteiger partial charge in [-0.15, -0.1) is 0 Å². The van der Waals surface area contributed by atoms with Crippen LogP contribution in [-0.2, 0) is 6.42 Å². The second-order valence-electron chi connectivity index (χ2n) is 2.57. The van der Waals surface area contributed by atoms with Crippen LogP contribution < -0.4 is 5.63 Å². The van der Waals surface area contributed by atoms with E-state index in [0.29, 0.717) is 11.0 Å². The molecule has 0 amide bonds. The molecule has 2 bridgehead atoms. The van der Waals surface area contributed by atoms with Gasteiger partial charge in [-0.3, -0.25) is 0 Å². The van der Waals surface area contributed by atoms with Gasteiger partial charge in [-0.1, -0.05) is 6.92 Å². The SMILES string of the molecule is CCc1cc2ccc1oc2=O. The summed E-state index contributed by atoms with van der Waals surface area (Å²) < 4.78 is 4.97. The van der Waals surface area contributed by atoms with E-state index >= 15 is 0 Å². The predicted molar refractivity (Wildman–Crippen MR) is 43.0 cm³/mol. The Bertz CT molecular complexity index is 414. The van der Waals surface area contributed by atoms with Crippen LogP contribution in [0.15, 0.2) is 27.4 Å². The van der Waals surface area contributed by atoms with Gasteiger partial charge in [-0.2, -0.15) is 0 Å². The van der Waals surface area contributed by atoms with Gasteiger partial charge in [0.2, 0.25) is 0 Å². The number of fused-ring (bicyclic) bond motifs is 3. The lowest BCUT2D eigenvalue weighted by molar-refractivity contribution is 0.557. The molecule has 0 N–H and O–H groups in total. The van der Waals surface area contributed by atoms with Crippen LogP contribution in [-0.4, -0.2) is 0 Å². The van der Waals surface area contributed by atoms with Crippen molar-refractivity contribution >= 4 is 11.0 Å². The van der Waals surface area contributed by atoms with E-state index in [0.717, 1.165) is 12.0 Å². The summed E-state index contributed by atoms with van der Waals surface area (Å²) in [6.07, 6.45) is 0.913. The fourth-order valence-electron chi connectivity index (χ4n) is 1.24. The molecule has 2 nitrogen and oxygen atoms in total. The van der Waals surface area contributed by atoms with Gasteiger partial charge in [0.1, 0.15) is 5.58 Å². The molecule has 0 spiro atoms. The maximum atomic E-state index is 10.9. The van der Waals surface area contributed by atoms with Gasteiger partial charge in [0.15, 0.2) is 0 Å². The number of rotatable bonds is 1. The Morgan fingerprint density at radius 2 is 2.27 bits per heavy atom. The smallest absolute Gasteiger partial charge is 0.343 e. The summed E-state index contributed by atoms with van der Waals surface area (Å²) in [5.74, 6) is 0. The summed E-state index contributed by atoms with van der Waals surface area (Å²) >= 11 is 0. The normalized spacial score (nSPS) is 11.0. The Balaban J connectivity index is 2.87. The molecule has 1 aromatic carbocycles. The first-order valence-electron chi connectivity index (χ1n) is 3.66. The van der Waals surface area contributed by atoms with Gasteiger partial charge >= 0.3 is 5.63 Å². The second kappa shape index (κ2) is 2.09. The zero-order chi connectivity index (χ0) is 7.84. The standard InChI is InChI=1S/C9H8O2/c1-2-6-5-7-3-4-8(6)11-9(7)10/h3-5H,2H2,1H3. The molecule has 3 rings (SSSR count). The fourth-order valence-corrected chi connectivity index (χ4v) is 1.24. The molecule has 0 atom stereocenters. The molecule has 0 aliphatic rings. The predicted octanol–water partition coefficient (Wildman–Crippen LogP) is 1.79. The third kappa shape index (κ3) is 0.827. The van der Waals surface area contributed by atoms with Crippen LogP contribution in [0.5, 0.6) is 0 Å². The summed E-state index contributed by atoms with van der Waals surface area (Å²) in [5.41, 5.74) is 1.61. The largest absolute Gasteiger partial charge is 0.423 e. The van der Waals surface area contributed by atoms with Crippen molar-refractivity contribution in [2.75, 3.05) is 0 Å². The van der Waals surface area contributed by atoms with E-state index < -0.39 is 0 Å². The molecular weight excluding hydrogens is 140 g/mol. The first kappa shape index (κ1) is 6.40. The monoisotopic (exact) mass is 148 g/mol. The third-order valence-corrected chi connectivity index (χ3v) is 1.88. The fraction of sp³-hybridized carbons (Fsp3) is 0.222. The summed E-state index contributed by atoms with van der Waals surface area (Å²) in [6.45, 7) is 2.04. The highest BCUT2D eigenvalue weighted by molar-refractivity contribution is 5.65. The van der Waals surface area contributed by atoms with E-state index in [1.807, 2.05) is 19.1 Å². The Kier molecular flexibility index (Phi) is 1.22. The molecule has 0 unspecified atom stereocenters. The highest BCUT2D eigenvalue weighted by atomic mass is 16.4. The van der Waals surface area contributed by atoms with Crippen molar-refractivity contribution in [3.63, 3.8) is 0 Å². The van der Waals surface area contributed by atoms with Crippen LogP contribution in [0, 0.1) is 0 Å². The second-order valence-corrected chi connectivity index (χ2v) is 2.57. The molecular formula is C9H8O2. The number of hydrogen-bond acceptors (Lipinski definition) is 2. The first-order valence-corrected chi connectivity index (χ1v) is 3.66. The van der Waals surface area contributed by atoms with Crippen LogP contribution in [0.4, 0.5) is 0 Å². The molecule has 3 aromatic rings. The molecule has 0 radical (unpaired) electrons. The van der Waals surface area contributed by atoms with Gasteiger partial charge in [0.25, 0.3) is 0 Å². The zero-order valence-corrected chi connectivity index (χ0v) is 6.26. The molecule has 2 heterocycles. The lowest BCUT2D eigenvalue weighted by Gasteiger charge is -2.01. The third-order valence-electron chi connectivity index (χ3n) is 1.88. The van der Waals surface area contributed by atoms with Crippen LogP contribution >= 0.6 is 0 Å². The average Bonchev–Trinajstić information content (AvgIpc) is 2.05. The Labute approximate surface area is 63.8 Å². The van der Waals surface area contributed by atoms with Crippen molar-refractivity contribution in [2.24, 2.45) is 0 Å². The van der Waals surface area contributed by atoms with E-state index in [2.05, 4.69) is 0 Å². The lowest BCUT2D eigenvalue weighted by Crippen LogP contribution is -2.01. The van der Waals surface area contributed by atoms with E-state index in [1.54, 1.807) is 6.07 Å². The van der Waals surface area contributed by atoms with E-state index in [1.165, 1.54) is 0 Å². The zero-order valence-electron chi connectivity index (χ0n) is 6.26. The minimum Gasteiger partial charge on any atom is -0.423 e. The maximum absolute atomic E-state index is 10.9. The van der Waals surface area contributed by atoms with Crippen molar-refractivity contribution in [3.05, 3.63) is 34.2 Å². The maximum Gasteiger partial charge on any atom is 0.343 e. The summed E-state index contributed by atoms with van der Waals surface area (Å²) in [7, 11) is 0. The van der Waals surface area contributed by atoms with Crippen molar-refractivity contribution in [1.82, 2.24) is 0 Å². The average molecular weight is 148 g/mol. The highest BCUT2D eigenvalue weighted by Crippen LogP contribution is 2.14. The van der Waals surface area contributed by atoms with Crippen molar-refractivity contribution in [1.29, 1.82) is 0 Å². The van der Waals surface area contributed by atoms with E-state index in [9.17, 15) is 4.79 Å². The Morgan fingerprint density at radius 1 is 1.45 bits per heavy atom. The minimum atomic E-state index is -0.222. The van der Waals surface area contributed by atoms with E-state index in [4.69, 9.17) is 4.42 Å². The summed E-state index contributed by atoms with van der Waals surface area (Å²) in [4.78, 5) is 10.9. The highest BCUT2D eigenvalue weighted by Gasteiger charge is 2.04. The lowest BCUT2D eigenvalue weighted by atomic mass is 10.1. The van der Waals surface area contributed by atoms with Crippen molar-refractivity contribution in [3.8, 4) is 0 Å². The minimum absolute atomic E-state index is 0.222. The molecule has 0 saturated heterocycles. The van der Waals surface area contributed by atoms with Crippen LogP contribution in [0.25, 0.3) is 11.0 Å². The molecule has 2 heteroatoms. The van der Waals surface area contributed by atoms with Crippen molar-refractivity contribution in [2.45, 2.75) is 13.3 Å². The van der Waals surface area contributed by atoms with Crippen LogP contribution in [0.1, 0.15) is 12.5 Å². The van der Waals surface area contributed by atoms with Gasteiger partial charge in [0.05, 0.1) is 5.39 Å². The number of benzene rings is 1. The Morgan fingerprint density at radius 3 is 2.73 bits per heavy atom. The number of aryl methyl sites for hydroxylation is 1. The van der Waals surface area contributed by atoms with Gasteiger partial charge < -0.3 is 4.42 Å². The molecule has 0 aliphatic carbocycles. The molecule has 0 aliphatic heterocycles. The first-order chi connectivity index (χ1) is 5.31. The molecule has 56 valence electrons. The van der Waals surface area contributed by atoms with Gasteiger partial charge in [-0.25, -0.2) is 4.79 Å². The van der Waals surface area contributed by atoms with Crippen LogP contribution in [0.3, 0.4) is 0 Å². The molecule has 0 fully saturated rings. The topological polar surface area (TPSA) is 30.2 Å². The summed E-state index contributed by atoms with van der Waals surface area (Å²) in [6, 6.07) is 5.52. The molecule has 2 aromatic heterocycles. The quantitative estimate of drug-likeness (QED) is 0.617. The molecule has 11 heavy (non-hydrogen) atoms. The number of hydrogen-bond donors (Lipinski definition) is 0. The van der Waals surface area contributed by atoms with Gasteiger partial charge in [-0.05, 0) is 30.2 Å². The van der Waals surface area contributed by atoms with Crippen LogP contribution in [0.2, 0.25) is 0 Å².